The first-order valence-electron chi connectivity index (χ1n) is 6.27. The van der Waals surface area contributed by atoms with E-state index in [0.29, 0.717) is 5.69 Å². The molecule has 2 rings (SSSR count). The van der Waals surface area contributed by atoms with Crippen molar-refractivity contribution in [2.45, 2.75) is 20.0 Å². The lowest BCUT2D eigenvalue weighted by molar-refractivity contribution is -0.121. The number of nitrogens with zero attached hydrogens (tertiary/aromatic N) is 2. The molecule has 20 heavy (non-hydrogen) atoms. The molecule has 0 saturated heterocycles. The fourth-order valence-corrected chi connectivity index (χ4v) is 1.93. The van der Waals surface area contributed by atoms with Crippen LogP contribution in [-0.4, -0.2) is 28.4 Å². The van der Waals surface area contributed by atoms with Crippen molar-refractivity contribution in [3.8, 4) is 5.69 Å². The molecule has 2 aromatic rings. The number of rotatable bonds is 5. The van der Waals surface area contributed by atoms with Crippen LogP contribution >= 0.6 is 15.9 Å². The first-order valence-corrected chi connectivity index (χ1v) is 7.06. The average molecular weight is 338 g/mol. The molecule has 0 fully saturated rings. The Kier molecular flexibility index (Phi) is 4.92. The van der Waals surface area contributed by atoms with Gasteiger partial charge in [0.1, 0.15) is 6.61 Å². The van der Waals surface area contributed by atoms with Gasteiger partial charge in [-0.25, -0.2) is 4.68 Å². The molecule has 0 aliphatic rings. The summed E-state index contributed by atoms with van der Waals surface area (Å²) in [5, 5.41) is 7.05. The normalized spacial score (nSPS) is 10.8. The van der Waals surface area contributed by atoms with Gasteiger partial charge < -0.3 is 10.1 Å². The molecule has 1 heterocycles. The van der Waals surface area contributed by atoms with Gasteiger partial charge in [0, 0.05) is 6.20 Å². The van der Waals surface area contributed by atoms with Gasteiger partial charge in [0.2, 0.25) is 5.91 Å². The largest absolute Gasteiger partial charge is 0.369 e. The molecule has 0 saturated carbocycles. The van der Waals surface area contributed by atoms with Crippen molar-refractivity contribution in [3.05, 3.63) is 41.1 Å². The number of benzene rings is 1. The first-order chi connectivity index (χ1) is 9.56. The summed E-state index contributed by atoms with van der Waals surface area (Å²) in [7, 11) is 0. The highest BCUT2D eigenvalue weighted by Crippen LogP contribution is 2.20. The van der Waals surface area contributed by atoms with Crippen LogP contribution in [0.2, 0.25) is 0 Å². The molecule has 106 valence electrons. The van der Waals surface area contributed by atoms with Crippen LogP contribution in [-0.2, 0) is 9.53 Å². The molecule has 0 aliphatic heterocycles. The van der Waals surface area contributed by atoms with E-state index in [9.17, 15) is 4.79 Å². The Morgan fingerprint density at radius 1 is 1.45 bits per heavy atom. The Bertz CT molecular complexity index is 596. The number of nitrogens with one attached hydrogen (secondary N) is 1. The van der Waals surface area contributed by atoms with Crippen LogP contribution in [0.15, 0.2) is 41.1 Å². The van der Waals surface area contributed by atoms with Crippen molar-refractivity contribution in [2.24, 2.45) is 0 Å². The summed E-state index contributed by atoms with van der Waals surface area (Å²) >= 11 is 3.35. The summed E-state index contributed by atoms with van der Waals surface area (Å²) < 4.78 is 7.86. The molecule has 0 unspecified atom stereocenters. The van der Waals surface area contributed by atoms with E-state index >= 15 is 0 Å². The average Bonchev–Trinajstić information content (AvgIpc) is 2.83. The standard InChI is InChI=1S/C14H16BrN3O2/c1-10(2)20-9-14(19)17-12-5-3-4-6-13(12)18-8-11(15)7-16-18/h3-8,10H,9H2,1-2H3,(H,17,19). The zero-order chi connectivity index (χ0) is 14.5. The maximum atomic E-state index is 11.8. The number of anilines is 1. The van der Waals surface area contributed by atoms with Gasteiger partial charge in [0.15, 0.2) is 0 Å². The second-order valence-corrected chi connectivity index (χ2v) is 5.44. The maximum absolute atomic E-state index is 11.8. The molecular formula is C14H16BrN3O2. The number of amides is 1. The van der Waals surface area contributed by atoms with Gasteiger partial charge >= 0.3 is 0 Å². The van der Waals surface area contributed by atoms with E-state index < -0.39 is 0 Å². The second kappa shape index (κ2) is 6.67. The number of para-hydroxylation sites is 2. The summed E-state index contributed by atoms with van der Waals surface area (Å²) in [6.07, 6.45) is 3.55. The Labute approximate surface area is 126 Å². The Hall–Kier alpha value is -1.66. The van der Waals surface area contributed by atoms with E-state index in [0.717, 1.165) is 10.2 Å². The molecule has 0 radical (unpaired) electrons. The topological polar surface area (TPSA) is 56.1 Å². The van der Waals surface area contributed by atoms with E-state index in [2.05, 4.69) is 26.3 Å². The molecular weight excluding hydrogens is 322 g/mol. The predicted molar refractivity (Wildman–Crippen MR) is 81.0 cm³/mol. The fourth-order valence-electron chi connectivity index (χ4n) is 1.64. The van der Waals surface area contributed by atoms with Crippen molar-refractivity contribution >= 4 is 27.5 Å². The van der Waals surface area contributed by atoms with Gasteiger partial charge in [-0.1, -0.05) is 12.1 Å². The monoisotopic (exact) mass is 337 g/mol. The molecule has 0 spiro atoms. The molecule has 6 heteroatoms. The van der Waals surface area contributed by atoms with Gasteiger partial charge in [0.25, 0.3) is 0 Å². The molecule has 1 amide bonds. The van der Waals surface area contributed by atoms with Crippen molar-refractivity contribution in [1.82, 2.24) is 9.78 Å². The Morgan fingerprint density at radius 3 is 2.85 bits per heavy atom. The van der Waals surface area contributed by atoms with E-state index in [1.54, 1.807) is 10.9 Å². The molecule has 1 N–H and O–H groups in total. The first kappa shape index (κ1) is 14.7. The second-order valence-electron chi connectivity index (χ2n) is 4.53. The molecule has 0 aliphatic carbocycles. The lowest BCUT2D eigenvalue weighted by Crippen LogP contribution is -2.21. The highest BCUT2D eigenvalue weighted by Gasteiger charge is 2.09. The summed E-state index contributed by atoms with van der Waals surface area (Å²) in [4.78, 5) is 11.8. The van der Waals surface area contributed by atoms with Crippen LogP contribution in [0.3, 0.4) is 0 Å². The molecule has 0 atom stereocenters. The van der Waals surface area contributed by atoms with Crippen molar-refractivity contribution in [3.63, 3.8) is 0 Å². The third kappa shape index (κ3) is 3.91. The summed E-state index contributed by atoms with van der Waals surface area (Å²) in [5.74, 6) is -0.183. The van der Waals surface area contributed by atoms with Gasteiger partial charge in [-0.3, -0.25) is 4.79 Å². The lowest BCUT2D eigenvalue weighted by Gasteiger charge is -2.12. The van der Waals surface area contributed by atoms with Crippen LogP contribution < -0.4 is 5.32 Å². The Balaban J connectivity index is 2.14. The van der Waals surface area contributed by atoms with E-state index in [1.165, 1.54) is 0 Å². The van der Waals surface area contributed by atoms with Crippen LogP contribution in [0.1, 0.15) is 13.8 Å². The smallest absolute Gasteiger partial charge is 0.250 e. The molecule has 5 nitrogen and oxygen atoms in total. The number of ether oxygens (including phenoxy) is 1. The van der Waals surface area contributed by atoms with Crippen LogP contribution in [0.25, 0.3) is 5.69 Å². The predicted octanol–water partition coefficient (Wildman–Crippen LogP) is 3.00. The molecule has 1 aromatic heterocycles. The van der Waals surface area contributed by atoms with Crippen LogP contribution in [0.5, 0.6) is 0 Å². The van der Waals surface area contributed by atoms with Crippen LogP contribution in [0, 0.1) is 0 Å². The third-order valence-corrected chi connectivity index (χ3v) is 2.93. The van der Waals surface area contributed by atoms with Crippen molar-refractivity contribution in [2.75, 3.05) is 11.9 Å². The zero-order valence-corrected chi connectivity index (χ0v) is 12.9. The quantitative estimate of drug-likeness (QED) is 0.912. The minimum absolute atomic E-state index is 0.0260. The van der Waals surface area contributed by atoms with Crippen LogP contribution in [0.4, 0.5) is 5.69 Å². The number of hydrogen-bond donors (Lipinski definition) is 1. The van der Waals surface area contributed by atoms with Gasteiger partial charge in [-0.05, 0) is 41.9 Å². The van der Waals surface area contributed by atoms with Gasteiger partial charge in [-0.15, -0.1) is 0 Å². The third-order valence-electron chi connectivity index (χ3n) is 2.52. The SMILES string of the molecule is CC(C)OCC(=O)Nc1ccccc1-n1cc(Br)cn1. The Morgan fingerprint density at radius 2 is 2.20 bits per heavy atom. The number of halogens is 1. The van der Waals surface area contributed by atoms with E-state index in [1.807, 2.05) is 44.3 Å². The van der Waals surface area contributed by atoms with E-state index in [-0.39, 0.29) is 18.6 Å². The highest BCUT2D eigenvalue weighted by atomic mass is 79.9. The number of carbonyl (C=O) groups excluding carboxylic acids is 1. The zero-order valence-electron chi connectivity index (χ0n) is 11.3. The minimum Gasteiger partial charge on any atom is -0.369 e. The van der Waals surface area contributed by atoms with Crippen molar-refractivity contribution in [1.29, 1.82) is 0 Å². The summed E-state index contributed by atoms with van der Waals surface area (Å²) in [6, 6.07) is 7.47. The maximum Gasteiger partial charge on any atom is 0.250 e. The number of hydrogen-bond acceptors (Lipinski definition) is 3. The lowest BCUT2D eigenvalue weighted by atomic mass is 10.2. The number of aromatic nitrogens is 2. The number of carbonyl (C=O) groups is 1. The van der Waals surface area contributed by atoms with E-state index in [4.69, 9.17) is 4.74 Å². The van der Waals surface area contributed by atoms with Gasteiger partial charge in [0.05, 0.1) is 28.1 Å². The molecule has 1 aromatic carbocycles. The minimum atomic E-state index is -0.183. The molecule has 0 bridgehead atoms. The highest BCUT2D eigenvalue weighted by molar-refractivity contribution is 9.10. The summed E-state index contributed by atoms with van der Waals surface area (Å²) in [5.41, 5.74) is 1.50. The van der Waals surface area contributed by atoms with Crippen molar-refractivity contribution < 1.29 is 9.53 Å². The van der Waals surface area contributed by atoms with Gasteiger partial charge in [-0.2, -0.15) is 5.10 Å². The summed E-state index contributed by atoms with van der Waals surface area (Å²) in [6.45, 7) is 3.82. The fraction of sp³-hybridized carbons (Fsp3) is 0.286.